The number of hydrogen-bond donors (Lipinski definition) is 2. The van der Waals surface area contributed by atoms with Crippen LogP contribution >= 0.6 is 27.5 Å². The highest BCUT2D eigenvalue weighted by molar-refractivity contribution is 9.10. The highest BCUT2D eigenvalue weighted by Crippen LogP contribution is 2.49. The van der Waals surface area contributed by atoms with Gasteiger partial charge in [-0.1, -0.05) is 57.9 Å². The fraction of sp³-hybridized carbons (Fsp3) is 0.174. The van der Waals surface area contributed by atoms with E-state index >= 15 is 0 Å². The predicted molar refractivity (Wildman–Crippen MR) is 119 cm³/mol. The Kier molecular flexibility index (Phi) is 5.11. The van der Waals surface area contributed by atoms with Crippen molar-refractivity contribution < 1.29 is 9.18 Å². The molecule has 4 nitrogen and oxygen atoms in total. The second kappa shape index (κ2) is 7.78. The Hall–Kier alpha value is -2.25. The van der Waals surface area contributed by atoms with Crippen molar-refractivity contribution in [3.05, 3.63) is 99.2 Å². The summed E-state index contributed by atoms with van der Waals surface area (Å²) in [5.74, 6) is -0.620. The molecule has 2 saturated heterocycles. The van der Waals surface area contributed by atoms with Gasteiger partial charge < -0.3 is 4.90 Å². The average molecular weight is 487 g/mol. The molecule has 0 aromatic heterocycles. The first kappa shape index (κ1) is 19.7. The normalized spacial score (nSPS) is 25.6. The Morgan fingerprint density at radius 1 is 0.900 bits per heavy atom. The lowest BCUT2D eigenvalue weighted by Crippen LogP contribution is -2.41. The fourth-order valence-electron chi connectivity index (χ4n) is 4.54. The summed E-state index contributed by atoms with van der Waals surface area (Å²) in [5, 5.41) is 0.584. The molecular weight excluding hydrogens is 469 g/mol. The number of amides is 1. The van der Waals surface area contributed by atoms with Crippen LogP contribution in [0, 0.1) is 11.7 Å². The first-order valence-electron chi connectivity index (χ1n) is 9.64. The van der Waals surface area contributed by atoms with Crippen LogP contribution in [-0.4, -0.2) is 11.9 Å². The van der Waals surface area contributed by atoms with Crippen molar-refractivity contribution >= 4 is 39.1 Å². The molecule has 0 aliphatic carbocycles. The number of benzene rings is 3. The molecule has 7 heteroatoms. The molecule has 4 atom stereocenters. The maximum atomic E-state index is 15.0. The lowest BCUT2D eigenvalue weighted by Gasteiger charge is -2.31. The molecule has 0 bridgehead atoms. The maximum absolute atomic E-state index is 15.0. The molecule has 3 aromatic rings. The van der Waals surface area contributed by atoms with Gasteiger partial charge in [-0.05, 0) is 48.0 Å². The van der Waals surface area contributed by atoms with Crippen LogP contribution in [0.15, 0.2) is 77.3 Å². The van der Waals surface area contributed by atoms with Crippen molar-refractivity contribution in [1.82, 2.24) is 10.9 Å². The summed E-state index contributed by atoms with van der Waals surface area (Å²) in [6, 6.07) is 20.6. The van der Waals surface area contributed by atoms with E-state index in [1.54, 1.807) is 47.4 Å². The van der Waals surface area contributed by atoms with Crippen LogP contribution in [0.5, 0.6) is 0 Å². The van der Waals surface area contributed by atoms with Crippen LogP contribution in [0.1, 0.15) is 23.2 Å². The number of carbonyl (C=O) groups is 1. The van der Waals surface area contributed by atoms with Crippen LogP contribution in [0.25, 0.3) is 0 Å². The van der Waals surface area contributed by atoms with Gasteiger partial charge in [0.1, 0.15) is 11.9 Å². The molecule has 0 radical (unpaired) electrons. The molecule has 5 rings (SSSR count). The third kappa shape index (κ3) is 3.24. The molecule has 0 spiro atoms. The monoisotopic (exact) mass is 485 g/mol. The number of anilines is 1. The molecule has 4 unspecified atom stereocenters. The van der Waals surface area contributed by atoms with Crippen molar-refractivity contribution in [3.63, 3.8) is 0 Å². The van der Waals surface area contributed by atoms with E-state index in [0.717, 1.165) is 10.0 Å². The number of hydrogen-bond acceptors (Lipinski definition) is 3. The highest BCUT2D eigenvalue weighted by Gasteiger charge is 2.56. The summed E-state index contributed by atoms with van der Waals surface area (Å²) < 4.78 is 15.9. The summed E-state index contributed by atoms with van der Waals surface area (Å²) >= 11 is 9.52. The Balaban J connectivity index is 1.64. The number of nitrogens with one attached hydrogen (secondary N) is 2. The molecule has 3 aromatic carbocycles. The Labute approximate surface area is 187 Å². The van der Waals surface area contributed by atoms with Crippen molar-refractivity contribution in [3.8, 4) is 0 Å². The number of hydrazine groups is 1. The summed E-state index contributed by atoms with van der Waals surface area (Å²) in [6.07, 6.45) is 0. The Bertz CT molecular complexity index is 1090. The van der Waals surface area contributed by atoms with Gasteiger partial charge in [0, 0.05) is 26.7 Å². The summed E-state index contributed by atoms with van der Waals surface area (Å²) in [5.41, 5.74) is 8.66. The van der Waals surface area contributed by atoms with E-state index < -0.39 is 12.1 Å². The van der Waals surface area contributed by atoms with Gasteiger partial charge in [-0.2, -0.15) is 0 Å². The zero-order valence-electron chi connectivity index (χ0n) is 15.7. The number of carbonyl (C=O) groups excluding carboxylic acids is 1. The highest BCUT2D eigenvalue weighted by atomic mass is 79.9. The maximum Gasteiger partial charge on any atom is 0.246 e. The van der Waals surface area contributed by atoms with Gasteiger partial charge in [-0.15, -0.1) is 0 Å². The number of fused-ring (bicyclic) bond motifs is 1. The quantitative estimate of drug-likeness (QED) is 0.537. The molecule has 2 fully saturated rings. The van der Waals surface area contributed by atoms with Crippen molar-refractivity contribution in [2.24, 2.45) is 5.92 Å². The van der Waals surface area contributed by atoms with Gasteiger partial charge >= 0.3 is 0 Å². The van der Waals surface area contributed by atoms with Crippen molar-refractivity contribution in [2.75, 3.05) is 4.90 Å². The summed E-state index contributed by atoms with van der Waals surface area (Å²) in [7, 11) is 0. The van der Waals surface area contributed by atoms with E-state index in [2.05, 4.69) is 26.8 Å². The molecular formula is C23H18BrClFN3O. The standard InChI is InChI=1S/C23H18BrClFN3O/c24-14-7-5-13(6-8-14)20-19-21(28-27-20)23(30)29(16-11-9-15(25)10-12-16)22(19)17-3-1-2-4-18(17)26/h1-12,19-22,27-28H. The van der Waals surface area contributed by atoms with Gasteiger partial charge in [-0.3, -0.25) is 4.79 Å². The molecule has 2 N–H and O–H groups in total. The third-order valence-corrected chi connectivity index (χ3v) is 6.65. The zero-order chi connectivity index (χ0) is 20.8. The first-order valence-corrected chi connectivity index (χ1v) is 10.8. The van der Waals surface area contributed by atoms with E-state index in [9.17, 15) is 9.18 Å². The predicted octanol–water partition coefficient (Wildman–Crippen LogP) is 5.16. The molecule has 30 heavy (non-hydrogen) atoms. The Morgan fingerprint density at radius 2 is 1.57 bits per heavy atom. The van der Waals surface area contributed by atoms with Crippen molar-refractivity contribution in [1.29, 1.82) is 0 Å². The minimum absolute atomic E-state index is 0.0947. The van der Waals surface area contributed by atoms with Crippen LogP contribution < -0.4 is 15.8 Å². The second-order valence-electron chi connectivity index (χ2n) is 7.52. The molecule has 1 amide bonds. The lowest BCUT2D eigenvalue weighted by atomic mass is 9.83. The minimum Gasteiger partial charge on any atom is -0.303 e. The van der Waals surface area contributed by atoms with E-state index in [4.69, 9.17) is 11.6 Å². The smallest absolute Gasteiger partial charge is 0.246 e. The largest absolute Gasteiger partial charge is 0.303 e. The summed E-state index contributed by atoms with van der Waals surface area (Å²) in [6.45, 7) is 0. The van der Waals surface area contributed by atoms with Gasteiger partial charge in [0.05, 0.1) is 12.1 Å². The molecule has 2 heterocycles. The molecule has 2 aliphatic rings. The molecule has 152 valence electrons. The summed E-state index contributed by atoms with van der Waals surface area (Å²) in [4.78, 5) is 15.2. The SMILES string of the molecule is O=C1C2NNC(c3ccc(Br)cc3)C2C(c2ccccc2F)N1c1ccc(Cl)cc1. The topological polar surface area (TPSA) is 44.4 Å². The van der Waals surface area contributed by atoms with Crippen LogP contribution in [0.3, 0.4) is 0 Å². The number of halogens is 3. The Morgan fingerprint density at radius 3 is 2.27 bits per heavy atom. The number of nitrogens with zero attached hydrogens (tertiary/aromatic N) is 1. The van der Waals surface area contributed by atoms with Crippen LogP contribution in [0.2, 0.25) is 5.02 Å². The van der Waals surface area contributed by atoms with E-state index in [1.807, 2.05) is 24.3 Å². The second-order valence-corrected chi connectivity index (χ2v) is 8.88. The molecule has 0 saturated carbocycles. The zero-order valence-corrected chi connectivity index (χ0v) is 18.1. The fourth-order valence-corrected chi connectivity index (χ4v) is 4.93. The number of rotatable bonds is 3. The van der Waals surface area contributed by atoms with Gasteiger partial charge in [-0.25, -0.2) is 15.2 Å². The van der Waals surface area contributed by atoms with Crippen molar-refractivity contribution in [2.45, 2.75) is 18.1 Å². The van der Waals surface area contributed by atoms with Gasteiger partial charge in [0.2, 0.25) is 5.91 Å². The molecule has 2 aliphatic heterocycles. The van der Waals surface area contributed by atoms with Gasteiger partial charge in [0.25, 0.3) is 0 Å². The van der Waals surface area contributed by atoms with E-state index in [0.29, 0.717) is 16.3 Å². The van der Waals surface area contributed by atoms with Gasteiger partial charge in [0.15, 0.2) is 0 Å². The minimum atomic E-state index is -0.473. The van der Waals surface area contributed by atoms with E-state index in [1.165, 1.54) is 6.07 Å². The third-order valence-electron chi connectivity index (χ3n) is 5.87. The first-order chi connectivity index (χ1) is 14.5. The van der Waals surface area contributed by atoms with Crippen LogP contribution in [0.4, 0.5) is 10.1 Å². The van der Waals surface area contributed by atoms with Crippen LogP contribution in [-0.2, 0) is 4.79 Å². The average Bonchev–Trinajstić information content (AvgIpc) is 3.29. The lowest BCUT2D eigenvalue weighted by molar-refractivity contribution is -0.119. The van der Waals surface area contributed by atoms with E-state index in [-0.39, 0.29) is 23.7 Å².